The Kier molecular flexibility index (Phi) is 10.5. The summed E-state index contributed by atoms with van der Waals surface area (Å²) in [5.41, 5.74) is 10.3. The molecule has 3 N–H and O–H groups in total. The van der Waals surface area contributed by atoms with Crippen molar-refractivity contribution >= 4 is 46.2 Å². The fraction of sp³-hybridized carbons (Fsp3) is 0.312. The summed E-state index contributed by atoms with van der Waals surface area (Å²) in [4.78, 5) is 26.0. The first kappa shape index (κ1) is 33.9. The van der Waals surface area contributed by atoms with Crippen molar-refractivity contribution in [2.45, 2.75) is 32.0 Å². The number of carbonyl (C=O) groups excluding carboxylic acids is 2. The molecule has 47 heavy (non-hydrogen) atoms. The zero-order chi connectivity index (χ0) is 33.7. The maximum Gasteiger partial charge on any atom is 0.446 e. The first-order valence-electron chi connectivity index (χ1n) is 14.6. The topological polar surface area (TPSA) is 126 Å². The van der Waals surface area contributed by atoms with Crippen molar-refractivity contribution in [2.24, 2.45) is 18.7 Å². The molecule has 2 aromatic carbocycles. The van der Waals surface area contributed by atoms with E-state index in [-0.39, 0.29) is 0 Å². The Labute approximate surface area is 277 Å². The second kappa shape index (κ2) is 14.6. The molecule has 0 bridgehead atoms. The number of benzene rings is 2. The predicted octanol–water partition coefficient (Wildman–Crippen LogP) is 6.51. The number of nitrogens with two attached hydrogens (primary N) is 1. The number of nitrogens with one attached hydrogen (secondary N) is 1. The van der Waals surface area contributed by atoms with E-state index in [2.05, 4.69) is 15.4 Å². The van der Waals surface area contributed by atoms with Crippen LogP contribution in [0.2, 0.25) is 5.02 Å². The third-order valence-electron chi connectivity index (χ3n) is 7.53. The molecule has 0 unspecified atom stereocenters. The van der Waals surface area contributed by atoms with Gasteiger partial charge in [0.1, 0.15) is 33.8 Å². The van der Waals surface area contributed by atoms with Crippen molar-refractivity contribution in [1.82, 2.24) is 24.6 Å². The van der Waals surface area contributed by atoms with E-state index in [0.717, 1.165) is 58.7 Å². The van der Waals surface area contributed by atoms with Gasteiger partial charge < -0.3 is 20.5 Å². The number of thiophene rings is 1. The summed E-state index contributed by atoms with van der Waals surface area (Å²) in [6.45, 7) is 4.55. The normalized spacial score (nSPS) is 14.3. The summed E-state index contributed by atoms with van der Waals surface area (Å²) in [6, 6.07) is 13.6. The zero-order valence-electron chi connectivity index (χ0n) is 25.5. The van der Waals surface area contributed by atoms with Crippen LogP contribution in [0.1, 0.15) is 41.1 Å². The quantitative estimate of drug-likeness (QED) is 0.169. The van der Waals surface area contributed by atoms with E-state index in [9.17, 15) is 18.0 Å². The van der Waals surface area contributed by atoms with Gasteiger partial charge in [-0.05, 0) is 62.5 Å². The number of hydrogen-bond acceptors (Lipinski definition) is 8. The Morgan fingerprint density at radius 3 is 2.60 bits per heavy atom. The number of carbonyl (C=O) groups is 2. The number of amides is 1. The van der Waals surface area contributed by atoms with Crippen LogP contribution in [0.3, 0.4) is 0 Å². The van der Waals surface area contributed by atoms with E-state index in [1.165, 1.54) is 11.3 Å². The lowest BCUT2D eigenvalue weighted by Crippen LogP contribution is -2.30. The molecule has 1 aliphatic heterocycles. The van der Waals surface area contributed by atoms with Gasteiger partial charge in [0, 0.05) is 30.4 Å². The van der Waals surface area contributed by atoms with Gasteiger partial charge >= 0.3 is 6.18 Å². The number of halogens is 4. The van der Waals surface area contributed by atoms with Gasteiger partial charge in [0.15, 0.2) is 0 Å². The van der Waals surface area contributed by atoms with Crippen LogP contribution in [0.25, 0.3) is 27.2 Å². The highest BCUT2D eigenvalue weighted by atomic mass is 35.5. The first-order valence-corrected chi connectivity index (χ1v) is 15.8. The molecule has 5 aromatic rings. The van der Waals surface area contributed by atoms with E-state index in [4.69, 9.17) is 31.6 Å². The van der Waals surface area contributed by atoms with E-state index in [0.29, 0.717) is 33.9 Å². The number of alkyl halides is 3. The Hall–Kier alpha value is -4.40. The van der Waals surface area contributed by atoms with Crippen LogP contribution >= 0.6 is 22.9 Å². The van der Waals surface area contributed by atoms with Crippen LogP contribution in [0.5, 0.6) is 11.5 Å². The van der Waals surface area contributed by atoms with E-state index >= 15 is 0 Å². The first-order chi connectivity index (χ1) is 22.4. The van der Waals surface area contributed by atoms with Crippen LogP contribution in [0.4, 0.5) is 13.2 Å². The second-order valence-corrected chi connectivity index (χ2v) is 12.4. The lowest BCUT2D eigenvalue weighted by atomic mass is 9.99. The van der Waals surface area contributed by atoms with Crippen molar-refractivity contribution in [1.29, 1.82) is 0 Å². The highest BCUT2D eigenvalue weighted by Crippen LogP contribution is 2.39. The molecule has 0 radical (unpaired) electrons. The molecule has 0 aliphatic carbocycles. The number of imidazole rings is 1. The van der Waals surface area contributed by atoms with Gasteiger partial charge in [-0.2, -0.15) is 18.3 Å². The zero-order valence-corrected chi connectivity index (χ0v) is 27.0. The molecule has 0 spiro atoms. The summed E-state index contributed by atoms with van der Waals surface area (Å²) >= 11 is 8.04. The number of ether oxygens (including phenoxy) is 2. The molecule has 1 fully saturated rings. The molecular weight excluding hydrogens is 657 g/mol. The molecule has 1 atom stereocenters. The lowest BCUT2D eigenvalue weighted by molar-refractivity contribution is -0.156. The third-order valence-corrected chi connectivity index (χ3v) is 9.07. The van der Waals surface area contributed by atoms with Gasteiger partial charge in [-0.3, -0.25) is 18.8 Å². The van der Waals surface area contributed by atoms with Gasteiger partial charge in [0.2, 0.25) is 6.29 Å². The van der Waals surface area contributed by atoms with E-state index in [1.54, 1.807) is 11.0 Å². The largest absolute Gasteiger partial charge is 0.492 e. The molecule has 3 aromatic heterocycles. The maximum atomic E-state index is 12.4. The molecule has 248 valence electrons. The minimum atomic E-state index is -4.64. The number of fused-ring (bicyclic) bond motifs is 1. The summed E-state index contributed by atoms with van der Waals surface area (Å²) in [7, 11) is 1.89. The van der Waals surface area contributed by atoms with E-state index < -0.39 is 24.5 Å². The van der Waals surface area contributed by atoms with Crippen molar-refractivity contribution in [3.8, 4) is 27.6 Å². The number of rotatable bonds is 9. The number of aldehydes is 1. The monoisotopic (exact) mass is 688 g/mol. The van der Waals surface area contributed by atoms with Crippen molar-refractivity contribution in [3.63, 3.8) is 0 Å². The molecule has 0 saturated carbocycles. The molecule has 1 aliphatic rings. The van der Waals surface area contributed by atoms with Crippen LogP contribution < -0.4 is 20.5 Å². The molecule has 4 heterocycles. The van der Waals surface area contributed by atoms with Crippen molar-refractivity contribution in [2.75, 3.05) is 19.7 Å². The third kappa shape index (κ3) is 8.31. The average molecular weight is 689 g/mol. The Morgan fingerprint density at radius 1 is 1.19 bits per heavy atom. The number of hydrogen-bond donors (Lipinski definition) is 2. The number of piperidine rings is 1. The number of aryl methyl sites for hydroxylation is 1. The predicted molar refractivity (Wildman–Crippen MR) is 173 cm³/mol. The van der Waals surface area contributed by atoms with E-state index in [1.807, 2.05) is 73.4 Å². The number of nitrogens with zero attached hydrogens (tertiary/aromatic N) is 4. The van der Waals surface area contributed by atoms with Crippen LogP contribution in [0, 0.1) is 5.92 Å². The molecule has 1 saturated heterocycles. The van der Waals surface area contributed by atoms with Gasteiger partial charge in [-0.15, -0.1) is 11.3 Å². The fourth-order valence-electron chi connectivity index (χ4n) is 5.14. The van der Waals surface area contributed by atoms with Crippen LogP contribution in [-0.4, -0.2) is 57.4 Å². The van der Waals surface area contributed by atoms with Crippen LogP contribution in [-0.2, 0) is 11.8 Å². The second-order valence-electron chi connectivity index (χ2n) is 10.9. The minimum absolute atomic E-state index is 0.329. The molecule has 6 rings (SSSR count). The smallest absolute Gasteiger partial charge is 0.446 e. The summed E-state index contributed by atoms with van der Waals surface area (Å²) in [5.74, 6) is 0.982. The number of aromatic nitrogens is 4. The fourth-order valence-corrected chi connectivity index (χ4v) is 6.40. The Bertz CT molecular complexity index is 1860. The minimum Gasteiger partial charge on any atom is -0.492 e. The number of primary amides is 1. The summed E-state index contributed by atoms with van der Waals surface area (Å²) in [6.07, 6.45) is 1.55. The standard InChI is InChI=1S/C30H31ClN6O3S.C2HF3O/c1-18(22-4-3-5-25(28(22)31)39-16-19-8-10-33-11-9-19)40-26-13-27(41-29(26)30(32)38)37-17-34-23-12-20(6-7-24(23)37)21-14-35-36(2)15-21;3-2(4,5)1-6/h3-7,12-15,17-19,33H,8-11,16H2,1-2H3,(H2,32,38);1H/t18-;/m1./s1. The highest BCUT2D eigenvalue weighted by Gasteiger charge is 2.25. The van der Waals surface area contributed by atoms with Crippen LogP contribution in [0.15, 0.2) is 61.2 Å². The van der Waals surface area contributed by atoms with Gasteiger partial charge in [0.25, 0.3) is 5.91 Å². The van der Waals surface area contributed by atoms with Gasteiger partial charge in [-0.1, -0.05) is 29.8 Å². The SMILES string of the molecule is C[C@@H](Oc1cc(-n2cnc3cc(-c4cnn(C)c4)ccc32)sc1C(N)=O)c1cccc(OCC2CCNCC2)c1Cl.O=CC(F)(F)F. The Balaban J connectivity index is 0.000000662. The van der Waals surface area contributed by atoms with Crippen molar-refractivity contribution < 1.29 is 32.2 Å². The molecule has 15 heteroatoms. The molecular formula is C32H32ClF3N6O4S. The molecule has 1 amide bonds. The lowest BCUT2D eigenvalue weighted by Gasteiger charge is -2.23. The summed E-state index contributed by atoms with van der Waals surface area (Å²) < 4.78 is 47.4. The van der Waals surface area contributed by atoms with Gasteiger partial charge in [0.05, 0.1) is 28.9 Å². The van der Waals surface area contributed by atoms with Crippen molar-refractivity contribution in [3.05, 3.63) is 76.6 Å². The summed E-state index contributed by atoms with van der Waals surface area (Å²) in [5, 5.41) is 8.91. The maximum absolute atomic E-state index is 12.4. The highest BCUT2D eigenvalue weighted by molar-refractivity contribution is 7.16. The molecule has 10 nitrogen and oxygen atoms in total. The average Bonchev–Trinajstić information content (AvgIpc) is 3.79. The van der Waals surface area contributed by atoms with Gasteiger partial charge in [-0.25, -0.2) is 4.98 Å². The Morgan fingerprint density at radius 2 is 1.94 bits per heavy atom.